The van der Waals surface area contributed by atoms with Crippen molar-refractivity contribution in [3.05, 3.63) is 77.1 Å². The number of aromatic nitrogens is 3. The molecule has 1 aromatic heterocycles. The van der Waals surface area contributed by atoms with E-state index >= 15 is 0 Å². The summed E-state index contributed by atoms with van der Waals surface area (Å²) >= 11 is 1.58. The van der Waals surface area contributed by atoms with Crippen LogP contribution in [0.1, 0.15) is 27.3 Å². The minimum atomic E-state index is -0.359. The maximum absolute atomic E-state index is 11.5. The number of methoxy groups -OCH3 is 1. The highest BCUT2D eigenvalue weighted by atomic mass is 32.2. The number of carbonyl (C=O) groups is 1. The van der Waals surface area contributed by atoms with Crippen LogP contribution >= 0.6 is 11.8 Å². The van der Waals surface area contributed by atoms with Crippen LogP contribution in [0.5, 0.6) is 0 Å². The number of aryl methyl sites for hydroxylation is 1. The van der Waals surface area contributed by atoms with Crippen LogP contribution in [0.3, 0.4) is 0 Å². The number of nitrogens with zero attached hydrogens (tertiary/aromatic N) is 4. The van der Waals surface area contributed by atoms with Gasteiger partial charge in [-0.15, -0.1) is 10.2 Å². The number of hydrogen-bond acceptors (Lipinski definition) is 6. The van der Waals surface area contributed by atoms with E-state index in [0.717, 1.165) is 16.5 Å². The van der Waals surface area contributed by atoms with E-state index in [4.69, 9.17) is 4.74 Å². The second-order valence-electron chi connectivity index (χ2n) is 5.47. The third kappa shape index (κ3) is 4.37. The van der Waals surface area contributed by atoms with Crippen LogP contribution < -0.4 is 0 Å². The van der Waals surface area contributed by atoms with Crippen LogP contribution in [0.4, 0.5) is 0 Å². The minimum Gasteiger partial charge on any atom is -0.465 e. The van der Waals surface area contributed by atoms with Gasteiger partial charge in [0, 0.05) is 5.75 Å². The molecule has 0 fully saturated rings. The van der Waals surface area contributed by atoms with Gasteiger partial charge in [-0.05, 0) is 30.2 Å². The Morgan fingerprint density at radius 2 is 1.88 bits per heavy atom. The van der Waals surface area contributed by atoms with Gasteiger partial charge in [-0.3, -0.25) is 0 Å². The number of carbonyl (C=O) groups excluding carboxylic acids is 1. The predicted octanol–water partition coefficient (Wildman–Crippen LogP) is 3.55. The molecule has 6 nitrogen and oxygen atoms in total. The van der Waals surface area contributed by atoms with E-state index < -0.39 is 0 Å². The fourth-order valence-electron chi connectivity index (χ4n) is 2.23. The highest BCUT2D eigenvalue weighted by molar-refractivity contribution is 7.98. The van der Waals surface area contributed by atoms with Crippen LogP contribution in [0, 0.1) is 6.92 Å². The molecule has 0 atom stereocenters. The summed E-state index contributed by atoms with van der Waals surface area (Å²) in [5.74, 6) is 1.15. The Morgan fingerprint density at radius 3 is 2.58 bits per heavy atom. The lowest BCUT2D eigenvalue weighted by Gasteiger charge is -2.03. The van der Waals surface area contributed by atoms with Crippen molar-refractivity contribution in [3.63, 3.8) is 0 Å². The molecule has 3 rings (SSSR count). The number of thioether (sulfide) groups is 1. The topological polar surface area (TPSA) is 69.4 Å². The van der Waals surface area contributed by atoms with Crippen molar-refractivity contribution in [2.24, 2.45) is 5.10 Å². The molecule has 0 aliphatic rings. The maximum atomic E-state index is 11.5. The molecule has 26 heavy (non-hydrogen) atoms. The molecule has 0 aliphatic heterocycles. The molecule has 0 saturated carbocycles. The molecule has 2 aromatic carbocycles. The Kier molecular flexibility index (Phi) is 5.80. The third-order valence-electron chi connectivity index (χ3n) is 3.63. The highest BCUT2D eigenvalue weighted by Crippen LogP contribution is 2.21. The first kappa shape index (κ1) is 17.9. The standard InChI is InChI=1S/C19H18N4O2S/c1-14-21-22-19(26-13-16-6-4-3-5-7-16)23(14)20-12-15-8-10-17(11-9-15)18(24)25-2/h3-12H,13H2,1-2H3/b20-12+. The lowest BCUT2D eigenvalue weighted by atomic mass is 10.1. The SMILES string of the molecule is COC(=O)c1ccc(/C=N/n2c(C)nnc2SCc2ccccc2)cc1. The zero-order valence-corrected chi connectivity index (χ0v) is 15.3. The summed E-state index contributed by atoms with van der Waals surface area (Å²) in [6.07, 6.45) is 1.71. The van der Waals surface area contributed by atoms with Crippen molar-refractivity contribution in [2.45, 2.75) is 17.8 Å². The minimum absolute atomic E-state index is 0.359. The molecule has 0 saturated heterocycles. The Hall–Kier alpha value is -2.93. The Morgan fingerprint density at radius 1 is 1.15 bits per heavy atom. The smallest absolute Gasteiger partial charge is 0.337 e. The number of rotatable bonds is 6. The summed E-state index contributed by atoms with van der Waals surface area (Å²) in [6.45, 7) is 1.86. The van der Waals surface area contributed by atoms with Gasteiger partial charge in [0.05, 0.1) is 18.9 Å². The molecule has 0 bridgehead atoms. The summed E-state index contributed by atoms with van der Waals surface area (Å²) in [4.78, 5) is 11.5. The quantitative estimate of drug-likeness (QED) is 0.379. The maximum Gasteiger partial charge on any atom is 0.337 e. The van der Waals surface area contributed by atoms with E-state index in [9.17, 15) is 4.79 Å². The normalized spacial score (nSPS) is 11.0. The summed E-state index contributed by atoms with van der Waals surface area (Å²) in [6, 6.07) is 17.2. The van der Waals surface area contributed by atoms with E-state index in [1.807, 2.05) is 37.3 Å². The monoisotopic (exact) mass is 366 g/mol. The van der Waals surface area contributed by atoms with E-state index in [2.05, 4.69) is 27.4 Å². The molecular formula is C19H18N4O2S. The van der Waals surface area contributed by atoms with E-state index in [1.54, 1.807) is 34.8 Å². The van der Waals surface area contributed by atoms with E-state index in [0.29, 0.717) is 11.4 Å². The number of ether oxygens (including phenoxy) is 1. The second-order valence-corrected chi connectivity index (χ2v) is 6.42. The van der Waals surface area contributed by atoms with Crippen LogP contribution in [-0.4, -0.2) is 34.2 Å². The molecule has 132 valence electrons. The number of hydrogen-bond donors (Lipinski definition) is 0. The lowest BCUT2D eigenvalue weighted by Crippen LogP contribution is -2.01. The van der Waals surface area contributed by atoms with Crippen molar-refractivity contribution in [1.82, 2.24) is 14.9 Å². The number of benzene rings is 2. The average Bonchev–Trinajstić information content (AvgIpc) is 3.05. The molecular weight excluding hydrogens is 348 g/mol. The van der Waals surface area contributed by atoms with Gasteiger partial charge in [-0.1, -0.05) is 54.2 Å². The van der Waals surface area contributed by atoms with Crippen molar-refractivity contribution in [1.29, 1.82) is 0 Å². The van der Waals surface area contributed by atoms with Crippen molar-refractivity contribution >= 4 is 23.9 Å². The van der Waals surface area contributed by atoms with Gasteiger partial charge in [-0.25, -0.2) is 4.79 Å². The molecule has 3 aromatic rings. The fourth-order valence-corrected chi connectivity index (χ4v) is 3.12. The van der Waals surface area contributed by atoms with Gasteiger partial charge in [-0.2, -0.15) is 9.78 Å². The van der Waals surface area contributed by atoms with Gasteiger partial charge < -0.3 is 4.74 Å². The fraction of sp³-hybridized carbons (Fsp3) is 0.158. The first-order chi connectivity index (χ1) is 12.7. The first-order valence-electron chi connectivity index (χ1n) is 7.99. The zero-order chi connectivity index (χ0) is 18.4. The molecule has 7 heteroatoms. The van der Waals surface area contributed by atoms with Gasteiger partial charge in [0.1, 0.15) is 0 Å². The Labute approximate surface area is 155 Å². The second kappa shape index (κ2) is 8.44. The summed E-state index contributed by atoms with van der Waals surface area (Å²) in [5, 5.41) is 13.5. The Bertz CT molecular complexity index is 905. The van der Waals surface area contributed by atoms with Gasteiger partial charge >= 0.3 is 5.97 Å². The van der Waals surface area contributed by atoms with Gasteiger partial charge in [0.15, 0.2) is 5.82 Å². The first-order valence-corrected chi connectivity index (χ1v) is 8.97. The van der Waals surface area contributed by atoms with Gasteiger partial charge in [0.25, 0.3) is 0 Å². The van der Waals surface area contributed by atoms with Crippen LogP contribution in [0.15, 0.2) is 64.9 Å². The van der Waals surface area contributed by atoms with E-state index in [1.165, 1.54) is 12.7 Å². The van der Waals surface area contributed by atoms with Crippen LogP contribution in [0.2, 0.25) is 0 Å². The van der Waals surface area contributed by atoms with Gasteiger partial charge in [0.2, 0.25) is 5.16 Å². The highest BCUT2D eigenvalue weighted by Gasteiger charge is 2.09. The third-order valence-corrected chi connectivity index (χ3v) is 4.62. The largest absolute Gasteiger partial charge is 0.465 e. The molecule has 0 N–H and O–H groups in total. The van der Waals surface area contributed by atoms with Crippen LogP contribution in [-0.2, 0) is 10.5 Å². The molecule has 1 heterocycles. The zero-order valence-electron chi connectivity index (χ0n) is 14.5. The molecule has 0 unspecified atom stereocenters. The van der Waals surface area contributed by atoms with E-state index in [-0.39, 0.29) is 5.97 Å². The molecule has 0 radical (unpaired) electrons. The van der Waals surface area contributed by atoms with Crippen molar-refractivity contribution in [3.8, 4) is 0 Å². The molecule has 0 aliphatic carbocycles. The van der Waals surface area contributed by atoms with Crippen molar-refractivity contribution < 1.29 is 9.53 Å². The summed E-state index contributed by atoms with van der Waals surface area (Å²) < 4.78 is 6.40. The molecule has 0 amide bonds. The summed E-state index contributed by atoms with van der Waals surface area (Å²) in [7, 11) is 1.36. The Balaban J connectivity index is 1.72. The summed E-state index contributed by atoms with van der Waals surface area (Å²) in [5.41, 5.74) is 2.58. The van der Waals surface area contributed by atoms with Crippen LogP contribution in [0.25, 0.3) is 0 Å². The predicted molar refractivity (Wildman–Crippen MR) is 102 cm³/mol. The molecule has 0 spiro atoms. The van der Waals surface area contributed by atoms with Crippen molar-refractivity contribution in [2.75, 3.05) is 7.11 Å². The lowest BCUT2D eigenvalue weighted by molar-refractivity contribution is 0.0600. The average molecular weight is 366 g/mol. The number of esters is 1.